The molecular weight excluding hydrogens is 284 g/mol. The highest BCUT2D eigenvalue weighted by Crippen LogP contribution is 2.67. The highest BCUT2D eigenvalue weighted by Gasteiger charge is 2.62. The standard InChI is InChI=1S/C21H32O2/c1-12-9-14-10-15(22)7-8-20(14,3)19-13(2)11-21(4)16(18(12)19)5-6-17(21)23/h10,12-13,16-19,23H,5-9,11H2,1-4H3/t12?,13?,16-,17-,18-,19-,20-,21-/m0/s1. The van der Waals surface area contributed by atoms with Crippen LogP contribution in [0.1, 0.15) is 66.2 Å². The molecule has 128 valence electrons. The van der Waals surface area contributed by atoms with Crippen LogP contribution in [-0.2, 0) is 4.79 Å². The SMILES string of the molecule is CC1CC2=CC(=O)CC[C@]2(C)[C@H]2C(C)C[C@]3(C)[C@@H](O)CC[C@H]3[C@H]12. The molecule has 4 aliphatic carbocycles. The van der Waals surface area contributed by atoms with Crippen molar-refractivity contribution >= 4 is 5.78 Å². The molecule has 4 rings (SSSR count). The first-order valence-corrected chi connectivity index (χ1v) is 9.69. The lowest BCUT2D eigenvalue weighted by Gasteiger charge is -2.62. The van der Waals surface area contributed by atoms with Gasteiger partial charge in [-0.15, -0.1) is 0 Å². The van der Waals surface area contributed by atoms with Gasteiger partial charge in [0.1, 0.15) is 0 Å². The maximum Gasteiger partial charge on any atom is 0.155 e. The van der Waals surface area contributed by atoms with Gasteiger partial charge in [0.25, 0.3) is 0 Å². The zero-order valence-corrected chi connectivity index (χ0v) is 15.1. The number of ketones is 1. The van der Waals surface area contributed by atoms with Crippen molar-refractivity contribution in [2.45, 2.75) is 72.3 Å². The molecule has 0 amide bonds. The summed E-state index contributed by atoms with van der Waals surface area (Å²) in [7, 11) is 0. The van der Waals surface area contributed by atoms with Crippen molar-refractivity contribution in [3.63, 3.8) is 0 Å². The summed E-state index contributed by atoms with van der Waals surface area (Å²) in [4.78, 5) is 12.0. The molecule has 0 saturated heterocycles. The normalized spacial score (nSPS) is 55.7. The van der Waals surface area contributed by atoms with Gasteiger partial charge < -0.3 is 5.11 Å². The highest BCUT2D eigenvalue weighted by molar-refractivity contribution is 5.91. The minimum Gasteiger partial charge on any atom is -0.393 e. The van der Waals surface area contributed by atoms with Gasteiger partial charge in [0, 0.05) is 6.42 Å². The van der Waals surface area contributed by atoms with Crippen LogP contribution in [0.5, 0.6) is 0 Å². The second kappa shape index (κ2) is 4.94. The fourth-order valence-corrected chi connectivity index (χ4v) is 7.55. The number of hydrogen-bond donors (Lipinski definition) is 1. The van der Waals surface area contributed by atoms with E-state index in [4.69, 9.17) is 0 Å². The Bertz CT molecular complexity index is 564. The second-order valence-corrected chi connectivity index (χ2v) is 9.72. The van der Waals surface area contributed by atoms with E-state index >= 15 is 0 Å². The Hall–Kier alpha value is -0.630. The molecule has 0 radical (unpaired) electrons. The first kappa shape index (κ1) is 15.9. The van der Waals surface area contributed by atoms with Crippen LogP contribution in [0.15, 0.2) is 11.6 Å². The van der Waals surface area contributed by atoms with Crippen molar-refractivity contribution in [3.8, 4) is 0 Å². The zero-order valence-electron chi connectivity index (χ0n) is 15.1. The lowest BCUT2D eigenvalue weighted by Crippen LogP contribution is -2.56. The maximum absolute atomic E-state index is 12.0. The summed E-state index contributed by atoms with van der Waals surface area (Å²) < 4.78 is 0. The number of fused-ring (bicyclic) bond motifs is 5. The fourth-order valence-electron chi connectivity index (χ4n) is 7.55. The molecule has 0 aromatic carbocycles. The van der Waals surface area contributed by atoms with Gasteiger partial charge in [-0.25, -0.2) is 0 Å². The third-order valence-electron chi connectivity index (χ3n) is 8.51. The van der Waals surface area contributed by atoms with Crippen LogP contribution in [0.4, 0.5) is 0 Å². The van der Waals surface area contributed by atoms with Crippen LogP contribution in [0, 0.1) is 40.4 Å². The molecule has 0 heterocycles. The number of aliphatic hydroxyl groups excluding tert-OH is 1. The van der Waals surface area contributed by atoms with Crippen LogP contribution in [0.2, 0.25) is 0 Å². The fraction of sp³-hybridized carbons (Fsp3) is 0.857. The molecule has 2 nitrogen and oxygen atoms in total. The van der Waals surface area contributed by atoms with Gasteiger partial charge in [-0.2, -0.15) is 0 Å². The predicted molar refractivity (Wildman–Crippen MR) is 91.8 cm³/mol. The Labute approximate surface area is 140 Å². The van der Waals surface area contributed by atoms with Crippen LogP contribution < -0.4 is 0 Å². The van der Waals surface area contributed by atoms with Crippen molar-refractivity contribution in [2.75, 3.05) is 0 Å². The van der Waals surface area contributed by atoms with Crippen molar-refractivity contribution in [3.05, 3.63) is 11.6 Å². The van der Waals surface area contributed by atoms with Crippen molar-refractivity contribution in [1.29, 1.82) is 0 Å². The molecule has 2 heteroatoms. The number of carbonyl (C=O) groups excluding carboxylic acids is 1. The summed E-state index contributed by atoms with van der Waals surface area (Å²) in [5, 5.41) is 10.7. The van der Waals surface area contributed by atoms with E-state index in [1.54, 1.807) is 0 Å². The van der Waals surface area contributed by atoms with Crippen LogP contribution >= 0.6 is 0 Å². The molecule has 0 aromatic heterocycles. The van der Waals surface area contributed by atoms with E-state index in [1.807, 2.05) is 6.08 Å². The van der Waals surface area contributed by atoms with Gasteiger partial charge in [0.05, 0.1) is 6.10 Å². The summed E-state index contributed by atoms with van der Waals surface area (Å²) in [5.41, 5.74) is 1.78. The lowest BCUT2D eigenvalue weighted by atomic mass is 9.43. The monoisotopic (exact) mass is 316 g/mol. The van der Waals surface area contributed by atoms with Gasteiger partial charge in [-0.3, -0.25) is 4.79 Å². The van der Waals surface area contributed by atoms with E-state index in [1.165, 1.54) is 12.0 Å². The molecule has 8 atom stereocenters. The molecule has 3 saturated carbocycles. The second-order valence-electron chi connectivity index (χ2n) is 9.72. The molecule has 0 bridgehead atoms. The minimum absolute atomic E-state index is 0.110. The average Bonchev–Trinajstić information content (AvgIpc) is 2.76. The molecule has 3 fully saturated rings. The number of aliphatic hydroxyl groups is 1. The molecular formula is C21H32O2. The van der Waals surface area contributed by atoms with Crippen molar-refractivity contribution in [1.82, 2.24) is 0 Å². The Morgan fingerprint density at radius 1 is 1.17 bits per heavy atom. The summed E-state index contributed by atoms with van der Waals surface area (Å²) in [6.07, 6.45) is 8.10. The third kappa shape index (κ3) is 2.00. The van der Waals surface area contributed by atoms with E-state index in [2.05, 4.69) is 27.7 Å². The Balaban J connectivity index is 1.79. The maximum atomic E-state index is 12.0. The summed E-state index contributed by atoms with van der Waals surface area (Å²) in [6, 6.07) is 0. The van der Waals surface area contributed by atoms with Crippen molar-refractivity contribution in [2.24, 2.45) is 40.4 Å². The average molecular weight is 316 g/mol. The summed E-state index contributed by atoms with van der Waals surface area (Å²) in [5.74, 6) is 3.70. The third-order valence-corrected chi connectivity index (χ3v) is 8.51. The number of hydrogen-bond acceptors (Lipinski definition) is 2. The topological polar surface area (TPSA) is 37.3 Å². The highest BCUT2D eigenvalue weighted by atomic mass is 16.3. The molecule has 0 aliphatic heterocycles. The minimum atomic E-state index is -0.110. The van der Waals surface area contributed by atoms with Gasteiger partial charge in [-0.05, 0) is 78.6 Å². The molecule has 2 unspecified atom stereocenters. The van der Waals surface area contributed by atoms with Gasteiger partial charge >= 0.3 is 0 Å². The largest absolute Gasteiger partial charge is 0.393 e. The Morgan fingerprint density at radius 2 is 1.91 bits per heavy atom. The lowest BCUT2D eigenvalue weighted by molar-refractivity contribution is -0.128. The number of carbonyl (C=O) groups is 1. The molecule has 0 spiro atoms. The summed E-state index contributed by atoms with van der Waals surface area (Å²) in [6.45, 7) is 9.62. The van der Waals surface area contributed by atoms with E-state index in [-0.39, 0.29) is 16.9 Å². The quantitative estimate of drug-likeness (QED) is 0.720. The summed E-state index contributed by atoms with van der Waals surface area (Å²) >= 11 is 0. The molecule has 23 heavy (non-hydrogen) atoms. The van der Waals surface area contributed by atoms with Gasteiger partial charge in [0.2, 0.25) is 0 Å². The first-order chi connectivity index (χ1) is 10.8. The van der Waals surface area contributed by atoms with E-state index < -0.39 is 0 Å². The van der Waals surface area contributed by atoms with Crippen LogP contribution in [0.25, 0.3) is 0 Å². The predicted octanol–water partition coefficient (Wildman–Crippen LogP) is 4.37. The Kier molecular flexibility index (Phi) is 3.41. The molecule has 0 aromatic rings. The first-order valence-electron chi connectivity index (χ1n) is 9.69. The van der Waals surface area contributed by atoms with Gasteiger partial charge in [-0.1, -0.05) is 33.3 Å². The smallest absolute Gasteiger partial charge is 0.155 e. The van der Waals surface area contributed by atoms with Gasteiger partial charge in [0.15, 0.2) is 5.78 Å². The number of rotatable bonds is 0. The van der Waals surface area contributed by atoms with Crippen LogP contribution in [0.3, 0.4) is 0 Å². The van der Waals surface area contributed by atoms with Crippen molar-refractivity contribution < 1.29 is 9.90 Å². The van der Waals surface area contributed by atoms with E-state index in [0.717, 1.165) is 38.0 Å². The zero-order chi connectivity index (χ0) is 16.6. The Morgan fingerprint density at radius 3 is 2.65 bits per heavy atom. The van der Waals surface area contributed by atoms with E-state index in [9.17, 15) is 9.90 Å². The number of allylic oxidation sites excluding steroid dienone is 1. The van der Waals surface area contributed by atoms with E-state index in [0.29, 0.717) is 29.5 Å². The van der Waals surface area contributed by atoms with Crippen LogP contribution in [-0.4, -0.2) is 17.0 Å². The molecule has 4 aliphatic rings. The molecule has 1 N–H and O–H groups in total.